The normalized spacial score (nSPS) is 10.7. The minimum atomic E-state index is -0.237. The quantitative estimate of drug-likeness (QED) is 0.566. The number of benzene rings is 1. The van der Waals surface area contributed by atoms with Crippen molar-refractivity contribution in [1.82, 2.24) is 9.78 Å². The molecular formula is C18H15Cl2N3O2S. The molecule has 0 unspecified atom stereocenters. The summed E-state index contributed by atoms with van der Waals surface area (Å²) in [4.78, 5) is 24.8. The number of hydrogen-bond acceptors (Lipinski definition) is 4. The highest BCUT2D eigenvalue weighted by atomic mass is 35.5. The Bertz CT molecular complexity index is 919. The van der Waals surface area contributed by atoms with E-state index in [0.717, 1.165) is 5.56 Å². The first-order chi connectivity index (χ1) is 12.5. The molecular weight excluding hydrogens is 393 g/mol. The van der Waals surface area contributed by atoms with E-state index >= 15 is 0 Å². The van der Waals surface area contributed by atoms with Gasteiger partial charge in [0.2, 0.25) is 5.91 Å². The summed E-state index contributed by atoms with van der Waals surface area (Å²) in [6, 6.07) is 12.5. The number of nitrogens with zero attached hydrogens (tertiary/aromatic N) is 2. The van der Waals surface area contributed by atoms with Crippen molar-refractivity contribution in [3.8, 4) is 0 Å². The highest BCUT2D eigenvalue weighted by molar-refractivity contribution is 7.18. The molecule has 0 aliphatic carbocycles. The summed E-state index contributed by atoms with van der Waals surface area (Å²) in [5, 5.41) is 7.68. The lowest BCUT2D eigenvalue weighted by Crippen LogP contribution is -2.17. The van der Waals surface area contributed by atoms with Crippen molar-refractivity contribution in [2.75, 3.05) is 5.32 Å². The Hall–Kier alpha value is -2.15. The van der Waals surface area contributed by atoms with Crippen LogP contribution < -0.4 is 5.32 Å². The van der Waals surface area contributed by atoms with Crippen molar-refractivity contribution < 1.29 is 9.59 Å². The van der Waals surface area contributed by atoms with Gasteiger partial charge in [-0.2, -0.15) is 5.10 Å². The lowest BCUT2D eigenvalue weighted by molar-refractivity contribution is -0.116. The van der Waals surface area contributed by atoms with Gasteiger partial charge in [0, 0.05) is 23.9 Å². The Labute approximate surface area is 164 Å². The van der Waals surface area contributed by atoms with Crippen LogP contribution in [0.4, 0.5) is 5.82 Å². The number of aromatic nitrogens is 2. The third kappa shape index (κ3) is 4.94. The van der Waals surface area contributed by atoms with E-state index in [1.54, 1.807) is 41.2 Å². The molecule has 0 saturated carbocycles. The second kappa shape index (κ2) is 8.49. The third-order valence-corrected chi connectivity index (χ3v) is 5.18. The highest BCUT2D eigenvalue weighted by Gasteiger charge is 2.13. The molecule has 2 aromatic heterocycles. The molecule has 0 aliphatic heterocycles. The summed E-state index contributed by atoms with van der Waals surface area (Å²) in [7, 11) is 0. The van der Waals surface area contributed by atoms with Gasteiger partial charge < -0.3 is 5.32 Å². The molecule has 5 nitrogen and oxygen atoms in total. The van der Waals surface area contributed by atoms with Crippen molar-refractivity contribution >= 4 is 52.0 Å². The van der Waals surface area contributed by atoms with Crippen LogP contribution >= 0.6 is 34.5 Å². The molecule has 1 N–H and O–H groups in total. The molecule has 0 spiro atoms. The summed E-state index contributed by atoms with van der Waals surface area (Å²) >= 11 is 12.9. The van der Waals surface area contributed by atoms with Crippen LogP contribution in [0.2, 0.25) is 9.36 Å². The largest absolute Gasteiger partial charge is 0.311 e. The van der Waals surface area contributed by atoms with Gasteiger partial charge >= 0.3 is 0 Å². The van der Waals surface area contributed by atoms with Gasteiger partial charge in [-0.3, -0.25) is 9.59 Å². The van der Waals surface area contributed by atoms with Crippen LogP contribution in [0.3, 0.4) is 0 Å². The van der Waals surface area contributed by atoms with E-state index in [1.165, 1.54) is 11.3 Å². The Morgan fingerprint density at radius 3 is 2.50 bits per heavy atom. The Morgan fingerprint density at radius 2 is 1.81 bits per heavy atom. The summed E-state index contributed by atoms with van der Waals surface area (Å²) in [6.45, 7) is 0.506. The van der Waals surface area contributed by atoms with Gasteiger partial charge in [-0.25, -0.2) is 4.68 Å². The average Bonchev–Trinajstić information content (AvgIpc) is 3.24. The zero-order valence-corrected chi connectivity index (χ0v) is 15.9. The fraction of sp³-hybridized carbons (Fsp3) is 0.167. The molecule has 2 heterocycles. The summed E-state index contributed by atoms with van der Waals surface area (Å²) in [5.41, 5.74) is 1.01. The fourth-order valence-corrected chi connectivity index (χ4v) is 3.48. The molecule has 1 amide bonds. The van der Waals surface area contributed by atoms with Gasteiger partial charge in [0.25, 0.3) is 0 Å². The number of nitrogens with one attached hydrogen (secondary N) is 1. The van der Waals surface area contributed by atoms with Crippen molar-refractivity contribution in [1.29, 1.82) is 0 Å². The SMILES string of the molecule is O=C(CCC(=O)c1ccc(Cl)s1)Nc1ccnn1Cc1ccc(Cl)cc1. The molecule has 0 atom stereocenters. The maximum Gasteiger partial charge on any atom is 0.225 e. The van der Waals surface area contributed by atoms with Gasteiger partial charge in [-0.05, 0) is 29.8 Å². The number of carbonyl (C=O) groups excluding carboxylic acids is 2. The lowest BCUT2D eigenvalue weighted by Gasteiger charge is -2.09. The molecule has 0 fully saturated rings. The predicted octanol–water partition coefficient (Wildman–Crippen LogP) is 4.90. The molecule has 0 bridgehead atoms. The molecule has 0 radical (unpaired) electrons. The number of thiophene rings is 1. The second-order valence-electron chi connectivity index (χ2n) is 5.58. The third-order valence-electron chi connectivity index (χ3n) is 3.66. The molecule has 0 aliphatic rings. The van der Waals surface area contributed by atoms with Crippen LogP contribution in [0.15, 0.2) is 48.7 Å². The Morgan fingerprint density at radius 1 is 1.04 bits per heavy atom. The monoisotopic (exact) mass is 407 g/mol. The van der Waals surface area contributed by atoms with Gasteiger partial charge in [0.1, 0.15) is 5.82 Å². The van der Waals surface area contributed by atoms with Gasteiger partial charge in [0.15, 0.2) is 5.78 Å². The first-order valence-electron chi connectivity index (χ1n) is 7.86. The molecule has 3 aromatic rings. The van der Waals surface area contributed by atoms with E-state index in [2.05, 4.69) is 10.4 Å². The molecule has 3 rings (SSSR count). The van der Waals surface area contributed by atoms with Crippen LogP contribution in [0.5, 0.6) is 0 Å². The highest BCUT2D eigenvalue weighted by Crippen LogP contribution is 2.23. The number of halogens is 2. The van der Waals surface area contributed by atoms with Crippen molar-refractivity contribution in [3.63, 3.8) is 0 Å². The second-order valence-corrected chi connectivity index (χ2v) is 7.73. The van der Waals surface area contributed by atoms with Gasteiger partial charge in [0.05, 0.1) is 22.0 Å². The van der Waals surface area contributed by atoms with Crippen molar-refractivity contribution in [3.05, 3.63) is 68.5 Å². The number of ketones is 1. The fourth-order valence-electron chi connectivity index (χ4n) is 2.35. The van der Waals surface area contributed by atoms with Crippen molar-refractivity contribution in [2.24, 2.45) is 0 Å². The van der Waals surface area contributed by atoms with E-state index in [-0.39, 0.29) is 24.5 Å². The number of rotatable bonds is 7. The molecule has 134 valence electrons. The van der Waals surface area contributed by atoms with Crippen LogP contribution in [-0.4, -0.2) is 21.5 Å². The standard InChI is InChI=1S/C18H15Cl2N3O2S/c19-13-3-1-12(2-4-13)11-23-17(9-10-21-23)22-18(25)8-5-14(24)15-6-7-16(20)26-15/h1-4,6-7,9-10H,5,8,11H2,(H,22,25). The number of amides is 1. The topological polar surface area (TPSA) is 64.0 Å². The van der Waals surface area contributed by atoms with Gasteiger partial charge in [-0.15, -0.1) is 11.3 Å². The summed E-state index contributed by atoms with van der Waals surface area (Å²) in [5.74, 6) is 0.252. The van der Waals surface area contributed by atoms with E-state index in [0.29, 0.717) is 26.6 Å². The average molecular weight is 408 g/mol. The molecule has 8 heteroatoms. The summed E-state index contributed by atoms with van der Waals surface area (Å²) in [6.07, 6.45) is 1.85. The van der Waals surface area contributed by atoms with Crippen LogP contribution in [0.25, 0.3) is 0 Å². The van der Waals surface area contributed by atoms with E-state index in [1.807, 2.05) is 12.1 Å². The molecule has 1 aromatic carbocycles. The van der Waals surface area contributed by atoms with Crippen LogP contribution in [0, 0.1) is 0 Å². The number of anilines is 1. The maximum atomic E-state index is 12.2. The minimum Gasteiger partial charge on any atom is -0.311 e. The zero-order chi connectivity index (χ0) is 18.5. The Kier molecular flexibility index (Phi) is 6.08. The zero-order valence-electron chi connectivity index (χ0n) is 13.6. The summed E-state index contributed by atoms with van der Waals surface area (Å²) < 4.78 is 2.24. The first-order valence-corrected chi connectivity index (χ1v) is 9.43. The molecule has 26 heavy (non-hydrogen) atoms. The molecule has 0 saturated heterocycles. The number of carbonyl (C=O) groups is 2. The number of hydrogen-bond donors (Lipinski definition) is 1. The predicted molar refractivity (Wildman–Crippen MR) is 104 cm³/mol. The van der Waals surface area contributed by atoms with E-state index < -0.39 is 0 Å². The lowest BCUT2D eigenvalue weighted by atomic mass is 10.2. The maximum absolute atomic E-state index is 12.2. The van der Waals surface area contributed by atoms with E-state index in [4.69, 9.17) is 23.2 Å². The number of Topliss-reactive ketones (excluding diaryl/α,β-unsaturated/α-hetero) is 1. The smallest absolute Gasteiger partial charge is 0.225 e. The minimum absolute atomic E-state index is 0.0910. The van der Waals surface area contributed by atoms with Crippen LogP contribution in [-0.2, 0) is 11.3 Å². The first kappa shape index (κ1) is 18.6. The van der Waals surface area contributed by atoms with E-state index in [9.17, 15) is 9.59 Å². The van der Waals surface area contributed by atoms with Gasteiger partial charge in [-0.1, -0.05) is 35.3 Å². The Balaban J connectivity index is 1.55. The van der Waals surface area contributed by atoms with Crippen LogP contribution in [0.1, 0.15) is 28.1 Å². The van der Waals surface area contributed by atoms with Crippen molar-refractivity contribution in [2.45, 2.75) is 19.4 Å².